The molecule has 3 N–H and O–H groups in total. The topological polar surface area (TPSA) is 64.3 Å². The van der Waals surface area contributed by atoms with Crippen molar-refractivity contribution in [2.45, 2.75) is 32.2 Å². The Morgan fingerprint density at radius 1 is 1.62 bits per heavy atom. The Labute approximate surface area is 79.8 Å². The van der Waals surface area contributed by atoms with Gasteiger partial charge in [0.05, 0.1) is 6.61 Å². The number of ether oxygens (including phenoxy) is 1. The summed E-state index contributed by atoms with van der Waals surface area (Å²) in [6.07, 6.45) is 2.32. The largest absolute Gasteiger partial charge is 0.383 e. The van der Waals surface area contributed by atoms with E-state index in [-0.39, 0.29) is 11.9 Å². The molecule has 0 aromatic heterocycles. The van der Waals surface area contributed by atoms with E-state index in [2.05, 4.69) is 5.32 Å². The molecule has 1 amide bonds. The first kappa shape index (κ1) is 12.4. The van der Waals surface area contributed by atoms with E-state index in [9.17, 15) is 4.79 Å². The summed E-state index contributed by atoms with van der Waals surface area (Å²) in [5, 5.41) is 2.75. The zero-order chi connectivity index (χ0) is 10.1. The fourth-order valence-electron chi connectivity index (χ4n) is 0.965. The minimum atomic E-state index is 0.0812. The Morgan fingerprint density at radius 2 is 2.31 bits per heavy atom. The summed E-state index contributed by atoms with van der Waals surface area (Å²) in [6, 6.07) is 0.187. The smallest absolute Gasteiger partial charge is 0.220 e. The van der Waals surface area contributed by atoms with Crippen LogP contribution < -0.4 is 11.1 Å². The first-order valence-electron chi connectivity index (χ1n) is 4.68. The van der Waals surface area contributed by atoms with Crippen LogP contribution in [-0.2, 0) is 9.53 Å². The molecule has 0 aromatic rings. The summed E-state index contributed by atoms with van der Waals surface area (Å²) in [5.41, 5.74) is 5.55. The third-order valence-corrected chi connectivity index (χ3v) is 1.69. The van der Waals surface area contributed by atoms with Crippen molar-refractivity contribution in [3.05, 3.63) is 0 Å². The molecule has 0 radical (unpaired) electrons. The fraction of sp³-hybridized carbons (Fsp3) is 0.889. The Bertz CT molecular complexity index is 138. The van der Waals surface area contributed by atoms with E-state index < -0.39 is 0 Å². The van der Waals surface area contributed by atoms with Gasteiger partial charge in [0.25, 0.3) is 0 Å². The predicted octanol–water partition coefficient (Wildman–Crippen LogP) is 0.267. The van der Waals surface area contributed by atoms with Crippen LogP contribution in [0.3, 0.4) is 0 Å². The maximum Gasteiger partial charge on any atom is 0.220 e. The molecule has 0 spiro atoms. The Kier molecular flexibility index (Phi) is 7.63. The van der Waals surface area contributed by atoms with Gasteiger partial charge in [0, 0.05) is 26.1 Å². The van der Waals surface area contributed by atoms with Crippen molar-refractivity contribution < 1.29 is 9.53 Å². The van der Waals surface area contributed by atoms with Gasteiger partial charge in [0.2, 0.25) is 5.91 Å². The Morgan fingerprint density at radius 3 is 2.85 bits per heavy atom. The Balaban J connectivity index is 3.20. The van der Waals surface area contributed by atoms with Crippen molar-refractivity contribution in [1.82, 2.24) is 5.32 Å². The van der Waals surface area contributed by atoms with Crippen molar-refractivity contribution >= 4 is 5.91 Å². The van der Waals surface area contributed by atoms with Gasteiger partial charge in [-0.05, 0) is 19.8 Å². The molecule has 0 aliphatic rings. The van der Waals surface area contributed by atoms with Crippen molar-refractivity contribution in [3.63, 3.8) is 0 Å². The molecule has 0 fully saturated rings. The van der Waals surface area contributed by atoms with E-state index in [1.54, 1.807) is 7.11 Å². The molecule has 1 unspecified atom stereocenters. The number of carbonyl (C=O) groups excluding carboxylic acids is 1. The highest BCUT2D eigenvalue weighted by molar-refractivity contribution is 5.75. The van der Waals surface area contributed by atoms with Gasteiger partial charge < -0.3 is 15.8 Å². The van der Waals surface area contributed by atoms with Gasteiger partial charge in [-0.25, -0.2) is 0 Å². The molecule has 78 valence electrons. The number of hydrogen-bond acceptors (Lipinski definition) is 3. The van der Waals surface area contributed by atoms with Crippen molar-refractivity contribution in [3.8, 4) is 0 Å². The van der Waals surface area contributed by atoms with E-state index >= 15 is 0 Å². The van der Waals surface area contributed by atoms with Gasteiger partial charge in [-0.3, -0.25) is 4.79 Å². The van der Waals surface area contributed by atoms with Crippen LogP contribution in [0.5, 0.6) is 0 Å². The molecule has 0 aromatic carbocycles. The van der Waals surface area contributed by atoms with E-state index in [0.717, 1.165) is 12.8 Å². The molecule has 13 heavy (non-hydrogen) atoms. The summed E-state index contributed by atoms with van der Waals surface area (Å²) < 4.78 is 4.80. The van der Waals surface area contributed by atoms with Crippen LogP contribution in [0.1, 0.15) is 26.2 Å². The minimum absolute atomic E-state index is 0.0812. The number of carbonyl (C=O) groups is 1. The van der Waals surface area contributed by atoms with E-state index in [1.165, 1.54) is 0 Å². The van der Waals surface area contributed by atoms with Gasteiger partial charge in [-0.15, -0.1) is 0 Å². The molecule has 0 aliphatic carbocycles. The van der Waals surface area contributed by atoms with Crippen LogP contribution in [0.25, 0.3) is 0 Å². The van der Waals surface area contributed by atoms with Crippen molar-refractivity contribution in [2.24, 2.45) is 5.73 Å². The maximum absolute atomic E-state index is 11.1. The number of methoxy groups -OCH3 is 1. The van der Waals surface area contributed by atoms with Gasteiger partial charge in [-0.2, -0.15) is 0 Å². The van der Waals surface area contributed by atoms with Gasteiger partial charge >= 0.3 is 0 Å². The number of rotatable bonds is 7. The molecule has 0 saturated carbocycles. The lowest BCUT2D eigenvalue weighted by molar-refractivity contribution is -0.121. The minimum Gasteiger partial charge on any atom is -0.383 e. The lowest BCUT2D eigenvalue weighted by Crippen LogP contribution is -2.27. The quantitative estimate of drug-likeness (QED) is 0.563. The zero-order valence-corrected chi connectivity index (χ0v) is 8.51. The lowest BCUT2D eigenvalue weighted by atomic mass is 10.1. The second-order valence-corrected chi connectivity index (χ2v) is 3.21. The molecular weight excluding hydrogens is 168 g/mol. The average Bonchev–Trinajstić information content (AvgIpc) is 2.04. The number of nitrogens with one attached hydrogen (secondary N) is 1. The standard InChI is InChI=1S/C9H20N2O2/c1-8(10)4-3-5-9(12)11-6-7-13-2/h8H,3-7,10H2,1-2H3,(H,11,12). The van der Waals surface area contributed by atoms with Crippen LogP contribution in [0.4, 0.5) is 0 Å². The molecule has 4 nitrogen and oxygen atoms in total. The fourth-order valence-corrected chi connectivity index (χ4v) is 0.965. The molecule has 0 aliphatic heterocycles. The van der Waals surface area contributed by atoms with Crippen LogP contribution in [0, 0.1) is 0 Å². The normalized spacial score (nSPS) is 12.5. The van der Waals surface area contributed by atoms with E-state index in [4.69, 9.17) is 10.5 Å². The number of amides is 1. The molecule has 0 heterocycles. The zero-order valence-electron chi connectivity index (χ0n) is 8.51. The Hall–Kier alpha value is -0.610. The molecule has 1 atom stereocenters. The monoisotopic (exact) mass is 188 g/mol. The van der Waals surface area contributed by atoms with Crippen LogP contribution >= 0.6 is 0 Å². The van der Waals surface area contributed by atoms with Gasteiger partial charge in [0.15, 0.2) is 0 Å². The average molecular weight is 188 g/mol. The third-order valence-electron chi connectivity index (χ3n) is 1.69. The maximum atomic E-state index is 11.1. The SMILES string of the molecule is COCCNC(=O)CCCC(C)N. The summed E-state index contributed by atoms with van der Waals surface area (Å²) in [7, 11) is 1.61. The molecule has 0 saturated heterocycles. The third kappa shape index (κ3) is 9.30. The summed E-state index contributed by atoms with van der Waals surface area (Å²) in [6.45, 7) is 3.11. The van der Waals surface area contributed by atoms with Crippen LogP contribution in [0.15, 0.2) is 0 Å². The highest BCUT2D eigenvalue weighted by Gasteiger charge is 2.01. The first-order chi connectivity index (χ1) is 6.16. The summed E-state index contributed by atoms with van der Waals surface area (Å²) in [4.78, 5) is 11.1. The number of hydrogen-bond donors (Lipinski definition) is 2. The molecule has 4 heteroatoms. The number of nitrogens with two attached hydrogens (primary N) is 1. The van der Waals surface area contributed by atoms with Gasteiger partial charge in [-0.1, -0.05) is 0 Å². The highest BCUT2D eigenvalue weighted by Crippen LogP contribution is 1.97. The molecule has 0 rings (SSSR count). The first-order valence-corrected chi connectivity index (χ1v) is 4.68. The van der Waals surface area contributed by atoms with Crippen molar-refractivity contribution in [2.75, 3.05) is 20.3 Å². The van der Waals surface area contributed by atoms with E-state index in [0.29, 0.717) is 19.6 Å². The van der Waals surface area contributed by atoms with Gasteiger partial charge in [0.1, 0.15) is 0 Å². The van der Waals surface area contributed by atoms with Crippen molar-refractivity contribution in [1.29, 1.82) is 0 Å². The summed E-state index contributed by atoms with van der Waals surface area (Å²) in [5.74, 6) is 0.0812. The van der Waals surface area contributed by atoms with E-state index in [1.807, 2.05) is 6.92 Å². The molecule has 0 bridgehead atoms. The van der Waals surface area contributed by atoms with Crippen LogP contribution in [-0.4, -0.2) is 32.2 Å². The van der Waals surface area contributed by atoms with Crippen LogP contribution in [0.2, 0.25) is 0 Å². The second-order valence-electron chi connectivity index (χ2n) is 3.21. The highest BCUT2D eigenvalue weighted by atomic mass is 16.5. The molecular formula is C9H20N2O2. The summed E-state index contributed by atoms with van der Waals surface area (Å²) >= 11 is 0. The predicted molar refractivity (Wildman–Crippen MR) is 52.4 cm³/mol. The second kappa shape index (κ2) is 8.01. The lowest BCUT2D eigenvalue weighted by Gasteiger charge is -2.05.